The molecule has 1 aliphatic heterocycles. The van der Waals surface area contributed by atoms with E-state index in [0.717, 1.165) is 24.4 Å². The van der Waals surface area contributed by atoms with Gasteiger partial charge < -0.3 is 20.7 Å². The second-order valence-electron chi connectivity index (χ2n) is 5.34. The number of carbonyl (C=O) groups excluding carboxylic acids is 1. The number of nitrogens with two attached hydrogens (primary N) is 1. The summed E-state index contributed by atoms with van der Waals surface area (Å²) in [5.74, 6) is 0.823. The van der Waals surface area contributed by atoms with Gasteiger partial charge in [-0.3, -0.25) is 4.79 Å². The number of benzene rings is 1. The number of carbonyl (C=O) groups is 1. The van der Waals surface area contributed by atoms with Crippen LogP contribution in [-0.4, -0.2) is 31.1 Å². The van der Waals surface area contributed by atoms with Crippen LogP contribution in [-0.2, 0) is 4.79 Å². The van der Waals surface area contributed by atoms with Crippen molar-refractivity contribution >= 4 is 17.3 Å². The summed E-state index contributed by atoms with van der Waals surface area (Å²) >= 11 is 0. The number of piperazine rings is 1. The lowest BCUT2D eigenvalue weighted by atomic mass is 10.1. The highest BCUT2D eigenvalue weighted by atomic mass is 16.5. The molecule has 1 fully saturated rings. The molecule has 1 amide bonds. The summed E-state index contributed by atoms with van der Waals surface area (Å²) in [4.78, 5) is 14.0. The molecule has 2 rings (SSSR count). The molecule has 1 atom stereocenters. The standard InChI is InChI=1S/C15H23N3O2/c1-4-14-15(19)17-5-6-18(14)12-7-11(16)8-13(9-12)20-10(2)3/h7-10,14H,4-6,16H2,1-3H3,(H,17,19). The van der Waals surface area contributed by atoms with Gasteiger partial charge in [0, 0.05) is 36.6 Å². The molecule has 1 aromatic rings. The third-order valence-electron chi connectivity index (χ3n) is 3.33. The number of nitrogen functional groups attached to an aromatic ring is 1. The molecular formula is C15H23N3O2. The fourth-order valence-corrected chi connectivity index (χ4v) is 2.54. The zero-order chi connectivity index (χ0) is 14.7. The first kappa shape index (κ1) is 14.5. The normalized spacial score (nSPS) is 19.1. The minimum Gasteiger partial charge on any atom is -0.491 e. The Balaban J connectivity index is 2.30. The van der Waals surface area contributed by atoms with E-state index in [4.69, 9.17) is 10.5 Å². The number of nitrogens with one attached hydrogen (secondary N) is 1. The van der Waals surface area contributed by atoms with Crippen LogP contribution in [0.5, 0.6) is 5.75 Å². The van der Waals surface area contributed by atoms with Crippen molar-refractivity contribution in [3.63, 3.8) is 0 Å². The summed E-state index contributed by atoms with van der Waals surface area (Å²) in [6, 6.07) is 5.53. The fourth-order valence-electron chi connectivity index (χ4n) is 2.54. The Labute approximate surface area is 120 Å². The molecule has 5 heteroatoms. The summed E-state index contributed by atoms with van der Waals surface area (Å²) in [6.07, 6.45) is 0.859. The molecule has 3 N–H and O–H groups in total. The van der Waals surface area contributed by atoms with E-state index in [0.29, 0.717) is 12.2 Å². The lowest BCUT2D eigenvalue weighted by molar-refractivity contribution is -0.123. The SMILES string of the molecule is CCC1C(=O)NCCN1c1cc(N)cc(OC(C)C)c1. The van der Waals surface area contributed by atoms with Crippen molar-refractivity contribution in [1.82, 2.24) is 5.32 Å². The van der Waals surface area contributed by atoms with Crippen LogP contribution in [0.1, 0.15) is 27.2 Å². The quantitative estimate of drug-likeness (QED) is 0.823. The van der Waals surface area contributed by atoms with E-state index in [9.17, 15) is 4.79 Å². The van der Waals surface area contributed by atoms with Gasteiger partial charge in [-0.05, 0) is 26.3 Å². The van der Waals surface area contributed by atoms with Gasteiger partial charge in [0.05, 0.1) is 6.10 Å². The second kappa shape index (κ2) is 6.03. The molecule has 1 aromatic carbocycles. The third-order valence-corrected chi connectivity index (χ3v) is 3.33. The summed E-state index contributed by atoms with van der Waals surface area (Å²) in [6.45, 7) is 7.41. The number of nitrogens with zero attached hydrogens (tertiary/aromatic N) is 1. The molecule has 0 radical (unpaired) electrons. The third kappa shape index (κ3) is 3.15. The highest BCUT2D eigenvalue weighted by molar-refractivity contribution is 5.86. The van der Waals surface area contributed by atoms with E-state index in [1.54, 1.807) is 0 Å². The Morgan fingerprint density at radius 2 is 2.20 bits per heavy atom. The lowest BCUT2D eigenvalue weighted by Crippen LogP contribution is -2.55. The van der Waals surface area contributed by atoms with Crippen LogP contribution in [0.15, 0.2) is 18.2 Å². The zero-order valence-electron chi connectivity index (χ0n) is 12.3. The van der Waals surface area contributed by atoms with Crippen LogP contribution in [0, 0.1) is 0 Å². The van der Waals surface area contributed by atoms with Gasteiger partial charge in [-0.25, -0.2) is 0 Å². The van der Waals surface area contributed by atoms with Crippen molar-refractivity contribution in [3.05, 3.63) is 18.2 Å². The summed E-state index contributed by atoms with van der Waals surface area (Å²) in [5.41, 5.74) is 7.55. The van der Waals surface area contributed by atoms with Crippen LogP contribution < -0.4 is 20.7 Å². The van der Waals surface area contributed by atoms with Crippen LogP contribution >= 0.6 is 0 Å². The molecule has 1 unspecified atom stereocenters. The van der Waals surface area contributed by atoms with E-state index in [-0.39, 0.29) is 18.1 Å². The molecule has 20 heavy (non-hydrogen) atoms. The van der Waals surface area contributed by atoms with Gasteiger partial charge >= 0.3 is 0 Å². The maximum Gasteiger partial charge on any atom is 0.242 e. The summed E-state index contributed by atoms with van der Waals surface area (Å²) < 4.78 is 5.71. The van der Waals surface area contributed by atoms with Crippen molar-refractivity contribution in [2.24, 2.45) is 0 Å². The van der Waals surface area contributed by atoms with E-state index in [2.05, 4.69) is 10.2 Å². The molecular weight excluding hydrogens is 254 g/mol. The molecule has 0 saturated carbocycles. The maximum atomic E-state index is 11.9. The topological polar surface area (TPSA) is 67.6 Å². The van der Waals surface area contributed by atoms with Crippen molar-refractivity contribution in [3.8, 4) is 5.75 Å². The Bertz CT molecular complexity index is 488. The van der Waals surface area contributed by atoms with Crippen molar-refractivity contribution in [2.75, 3.05) is 23.7 Å². The van der Waals surface area contributed by atoms with Gasteiger partial charge in [-0.1, -0.05) is 6.92 Å². The molecule has 0 bridgehead atoms. The van der Waals surface area contributed by atoms with E-state index in [1.807, 2.05) is 39.0 Å². The highest BCUT2D eigenvalue weighted by Crippen LogP contribution is 2.29. The number of anilines is 2. The Morgan fingerprint density at radius 3 is 2.85 bits per heavy atom. The maximum absolute atomic E-state index is 11.9. The lowest BCUT2D eigenvalue weighted by Gasteiger charge is -2.36. The van der Waals surface area contributed by atoms with Gasteiger partial charge in [-0.15, -0.1) is 0 Å². The number of ether oxygens (including phenoxy) is 1. The zero-order valence-corrected chi connectivity index (χ0v) is 12.3. The first-order chi connectivity index (χ1) is 9.51. The number of hydrogen-bond donors (Lipinski definition) is 2. The predicted octanol–water partition coefficient (Wildman–Crippen LogP) is 1.77. The number of hydrogen-bond acceptors (Lipinski definition) is 4. The minimum absolute atomic E-state index is 0.0764. The van der Waals surface area contributed by atoms with Gasteiger partial charge in [-0.2, -0.15) is 0 Å². The average molecular weight is 277 g/mol. The van der Waals surface area contributed by atoms with E-state index in [1.165, 1.54) is 0 Å². The minimum atomic E-state index is -0.141. The Morgan fingerprint density at radius 1 is 1.45 bits per heavy atom. The Kier molecular flexibility index (Phi) is 4.37. The van der Waals surface area contributed by atoms with Crippen molar-refractivity contribution < 1.29 is 9.53 Å². The molecule has 0 spiro atoms. The van der Waals surface area contributed by atoms with E-state index < -0.39 is 0 Å². The van der Waals surface area contributed by atoms with Crippen LogP contribution in [0.2, 0.25) is 0 Å². The summed E-state index contributed by atoms with van der Waals surface area (Å²) in [5, 5.41) is 2.90. The van der Waals surface area contributed by atoms with Crippen LogP contribution in [0.4, 0.5) is 11.4 Å². The molecule has 0 aromatic heterocycles. The molecule has 110 valence electrons. The first-order valence-electron chi connectivity index (χ1n) is 7.12. The smallest absolute Gasteiger partial charge is 0.242 e. The number of rotatable bonds is 4. The van der Waals surface area contributed by atoms with E-state index >= 15 is 0 Å². The Hall–Kier alpha value is -1.91. The van der Waals surface area contributed by atoms with Gasteiger partial charge in [0.25, 0.3) is 0 Å². The van der Waals surface area contributed by atoms with Gasteiger partial charge in [0.1, 0.15) is 11.8 Å². The van der Waals surface area contributed by atoms with Gasteiger partial charge in [0.15, 0.2) is 0 Å². The predicted molar refractivity (Wildman–Crippen MR) is 81.1 cm³/mol. The monoisotopic (exact) mass is 277 g/mol. The molecule has 0 aliphatic carbocycles. The average Bonchev–Trinajstić information content (AvgIpc) is 2.36. The molecule has 1 heterocycles. The van der Waals surface area contributed by atoms with Crippen LogP contribution in [0.3, 0.4) is 0 Å². The molecule has 1 saturated heterocycles. The first-order valence-corrected chi connectivity index (χ1v) is 7.12. The van der Waals surface area contributed by atoms with Crippen molar-refractivity contribution in [2.45, 2.75) is 39.3 Å². The second-order valence-corrected chi connectivity index (χ2v) is 5.34. The summed E-state index contributed by atoms with van der Waals surface area (Å²) in [7, 11) is 0. The highest BCUT2D eigenvalue weighted by Gasteiger charge is 2.28. The molecule has 1 aliphatic rings. The van der Waals surface area contributed by atoms with Gasteiger partial charge in [0.2, 0.25) is 5.91 Å². The van der Waals surface area contributed by atoms with Crippen LogP contribution in [0.25, 0.3) is 0 Å². The van der Waals surface area contributed by atoms with Crippen molar-refractivity contribution in [1.29, 1.82) is 0 Å². The largest absolute Gasteiger partial charge is 0.491 e. The molecule has 5 nitrogen and oxygen atoms in total. The number of amides is 1. The fraction of sp³-hybridized carbons (Fsp3) is 0.533.